The van der Waals surface area contributed by atoms with Crippen LogP contribution < -0.4 is 4.90 Å². The summed E-state index contributed by atoms with van der Waals surface area (Å²) >= 11 is 0. The maximum atomic E-state index is 4.63. The van der Waals surface area contributed by atoms with Crippen molar-refractivity contribution in [2.24, 2.45) is 10.2 Å². The molecule has 0 saturated carbocycles. The molecule has 4 rings (SSSR count). The van der Waals surface area contributed by atoms with Gasteiger partial charge in [0.15, 0.2) is 0 Å². The normalized spacial score (nSPS) is 11.1. The van der Waals surface area contributed by atoms with Crippen molar-refractivity contribution in [3.05, 3.63) is 97.1 Å². The molecule has 0 fully saturated rings. The van der Waals surface area contributed by atoms with E-state index >= 15 is 0 Å². The van der Waals surface area contributed by atoms with E-state index in [0.717, 1.165) is 33.5 Å². The molecule has 0 aromatic heterocycles. The van der Waals surface area contributed by atoms with E-state index in [9.17, 15) is 0 Å². The molecule has 3 heteroatoms. The first-order valence-electron chi connectivity index (χ1n) is 8.60. The first kappa shape index (κ1) is 16.0. The Bertz CT molecular complexity index is 1040. The molecular formula is C23H19N3. The number of azo groups is 1. The molecule has 26 heavy (non-hydrogen) atoms. The fourth-order valence-corrected chi connectivity index (χ4v) is 3.01. The van der Waals surface area contributed by atoms with E-state index in [1.165, 1.54) is 0 Å². The zero-order valence-electron chi connectivity index (χ0n) is 14.6. The molecule has 0 bridgehead atoms. The molecule has 0 saturated heterocycles. The van der Waals surface area contributed by atoms with Gasteiger partial charge in [-0.05, 0) is 35.7 Å². The molecule has 0 aliphatic carbocycles. The molecule has 4 aromatic carbocycles. The Balaban J connectivity index is 1.86. The second kappa shape index (κ2) is 7.19. The van der Waals surface area contributed by atoms with E-state index in [1.807, 2.05) is 60.7 Å². The molecule has 3 nitrogen and oxygen atoms in total. The SMILES string of the molecule is CN(c1ccccc1)c1ccc2ccccc2c1N=Nc1ccccc1. The summed E-state index contributed by atoms with van der Waals surface area (Å²) in [5.41, 5.74) is 3.85. The summed E-state index contributed by atoms with van der Waals surface area (Å²) in [5, 5.41) is 11.3. The predicted molar refractivity (Wildman–Crippen MR) is 109 cm³/mol. The van der Waals surface area contributed by atoms with Crippen LogP contribution in [0.5, 0.6) is 0 Å². The first-order valence-corrected chi connectivity index (χ1v) is 8.60. The Morgan fingerprint density at radius 3 is 2.04 bits per heavy atom. The highest BCUT2D eigenvalue weighted by molar-refractivity contribution is 5.99. The van der Waals surface area contributed by atoms with Gasteiger partial charge < -0.3 is 4.90 Å². The second-order valence-corrected chi connectivity index (χ2v) is 6.08. The molecule has 0 unspecified atom stereocenters. The minimum absolute atomic E-state index is 0.841. The second-order valence-electron chi connectivity index (χ2n) is 6.08. The Morgan fingerprint density at radius 1 is 0.615 bits per heavy atom. The van der Waals surface area contributed by atoms with Gasteiger partial charge in [0.25, 0.3) is 0 Å². The maximum absolute atomic E-state index is 4.63. The number of hydrogen-bond acceptors (Lipinski definition) is 3. The molecular weight excluding hydrogens is 318 g/mol. The van der Waals surface area contributed by atoms with E-state index in [4.69, 9.17) is 0 Å². The van der Waals surface area contributed by atoms with Crippen LogP contribution >= 0.6 is 0 Å². The summed E-state index contributed by atoms with van der Waals surface area (Å²) in [6.07, 6.45) is 0. The zero-order chi connectivity index (χ0) is 17.8. The molecule has 0 amide bonds. The Kier molecular flexibility index (Phi) is 4.44. The van der Waals surface area contributed by atoms with Gasteiger partial charge in [0, 0.05) is 18.1 Å². The minimum Gasteiger partial charge on any atom is -0.343 e. The minimum atomic E-state index is 0.841. The molecule has 0 atom stereocenters. The Morgan fingerprint density at radius 2 is 1.27 bits per heavy atom. The monoisotopic (exact) mass is 337 g/mol. The number of hydrogen-bond donors (Lipinski definition) is 0. The van der Waals surface area contributed by atoms with Gasteiger partial charge in [-0.25, -0.2) is 0 Å². The van der Waals surface area contributed by atoms with Gasteiger partial charge in [0.05, 0.1) is 11.4 Å². The average molecular weight is 337 g/mol. The Labute approximate surface area is 153 Å². The van der Waals surface area contributed by atoms with Crippen molar-refractivity contribution in [3.8, 4) is 0 Å². The van der Waals surface area contributed by atoms with Crippen LogP contribution in [-0.2, 0) is 0 Å². The fourth-order valence-electron chi connectivity index (χ4n) is 3.01. The first-order chi connectivity index (χ1) is 12.8. The summed E-state index contributed by atoms with van der Waals surface area (Å²) in [4.78, 5) is 2.14. The van der Waals surface area contributed by atoms with Crippen LogP contribution in [0.2, 0.25) is 0 Å². The number of para-hydroxylation sites is 1. The third-order valence-electron chi connectivity index (χ3n) is 4.41. The highest BCUT2D eigenvalue weighted by Crippen LogP contribution is 2.39. The van der Waals surface area contributed by atoms with Gasteiger partial charge in [0.1, 0.15) is 5.69 Å². The van der Waals surface area contributed by atoms with Gasteiger partial charge >= 0.3 is 0 Å². The van der Waals surface area contributed by atoms with Crippen LogP contribution in [0.15, 0.2) is 107 Å². The van der Waals surface area contributed by atoms with Crippen molar-refractivity contribution in [1.29, 1.82) is 0 Å². The van der Waals surface area contributed by atoms with E-state index in [2.05, 4.69) is 58.6 Å². The molecule has 0 spiro atoms. The lowest BCUT2D eigenvalue weighted by Gasteiger charge is -2.22. The quantitative estimate of drug-likeness (QED) is 0.368. The molecule has 4 aromatic rings. The lowest BCUT2D eigenvalue weighted by molar-refractivity contribution is 1.17. The van der Waals surface area contributed by atoms with E-state index in [-0.39, 0.29) is 0 Å². The van der Waals surface area contributed by atoms with Gasteiger partial charge in [-0.15, -0.1) is 5.11 Å². The number of fused-ring (bicyclic) bond motifs is 1. The smallest absolute Gasteiger partial charge is 0.117 e. The number of nitrogens with zero attached hydrogens (tertiary/aromatic N) is 3. The number of anilines is 2. The standard InChI is InChI=1S/C23H19N3/c1-26(20-13-6-3-7-14-20)22-17-16-18-10-8-9-15-21(18)23(22)25-24-19-11-4-2-5-12-19/h2-17H,1H3. The summed E-state index contributed by atoms with van der Waals surface area (Å²) in [7, 11) is 2.06. The van der Waals surface area contributed by atoms with Crippen molar-refractivity contribution in [2.45, 2.75) is 0 Å². The van der Waals surface area contributed by atoms with Crippen LogP contribution in [-0.4, -0.2) is 7.05 Å². The van der Waals surface area contributed by atoms with Gasteiger partial charge in [-0.1, -0.05) is 66.7 Å². The molecule has 126 valence electrons. The predicted octanol–water partition coefficient (Wildman–Crippen LogP) is 7.02. The summed E-state index contributed by atoms with van der Waals surface area (Å²) in [6, 6.07) is 32.6. The topological polar surface area (TPSA) is 28.0 Å². The highest BCUT2D eigenvalue weighted by atomic mass is 15.2. The summed E-state index contributed by atoms with van der Waals surface area (Å²) in [6.45, 7) is 0. The van der Waals surface area contributed by atoms with E-state index in [0.29, 0.717) is 0 Å². The van der Waals surface area contributed by atoms with Crippen LogP contribution in [0.1, 0.15) is 0 Å². The lowest BCUT2D eigenvalue weighted by Crippen LogP contribution is -2.09. The third-order valence-corrected chi connectivity index (χ3v) is 4.41. The van der Waals surface area contributed by atoms with Crippen LogP contribution in [0, 0.1) is 0 Å². The summed E-state index contributed by atoms with van der Waals surface area (Å²) in [5.74, 6) is 0. The van der Waals surface area contributed by atoms with Gasteiger partial charge in [0.2, 0.25) is 0 Å². The maximum Gasteiger partial charge on any atom is 0.117 e. The Hall–Kier alpha value is -3.46. The van der Waals surface area contributed by atoms with Gasteiger partial charge in [-0.2, -0.15) is 5.11 Å². The largest absolute Gasteiger partial charge is 0.343 e. The molecule has 0 N–H and O–H groups in total. The van der Waals surface area contributed by atoms with Crippen molar-refractivity contribution >= 4 is 33.5 Å². The van der Waals surface area contributed by atoms with Crippen molar-refractivity contribution in [1.82, 2.24) is 0 Å². The highest BCUT2D eigenvalue weighted by Gasteiger charge is 2.12. The average Bonchev–Trinajstić information content (AvgIpc) is 2.73. The fraction of sp³-hybridized carbons (Fsp3) is 0.0435. The van der Waals surface area contributed by atoms with Crippen molar-refractivity contribution in [2.75, 3.05) is 11.9 Å². The van der Waals surface area contributed by atoms with Gasteiger partial charge in [-0.3, -0.25) is 0 Å². The summed E-state index contributed by atoms with van der Waals surface area (Å²) < 4.78 is 0. The van der Waals surface area contributed by atoms with Crippen molar-refractivity contribution in [3.63, 3.8) is 0 Å². The van der Waals surface area contributed by atoms with E-state index in [1.54, 1.807) is 0 Å². The number of rotatable bonds is 4. The molecule has 0 aliphatic heterocycles. The number of benzene rings is 4. The van der Waals surface area contributed by atoms with Crippen LogP contribution in [0.3, 0.4) is 0 Å². The van der Waals surface area contributed by atoms with Crippen LogP contribution in [0.4, 0.5) is 22.7 Å². The lowest BCUT2D eigenvalue weighted by atomic mass is 10.1. The molecule has 0 radical (unpaired) electrons. The zero-order valence-corrected chi connectivity index (χ0v) is 14.6. The molecule has 0 aliphatic rings. The van der Waals surface area contributed by atoms with E-state index < -0.39 is 0 Å². The van der Waals surface area contributed by atoms with Crippen LogP contribution in [0.25, 0.3) is 10.8 Å². The third kappa shape index (κ3) is 3.20. The molecule has 0 heterocycles. The van der Waals surface area contributed by atoms with Crippen molar-refractivity contribution < 1.29 is 0 Å².